The zero-order valence-electron chi connectivity index (χ0n) is 4.30. The maximum absolute atomic E-state index is 4.80. The number of hydrogen-bond donors (Lipinski definition) is 0. The highest BCUT2D eigenvalue weighted by atomic mass is 32.2. The fourth-order valence-electron chi connectivity index (χ4n) is 0.266. The zero-order chi connectivity index (χ0) is 5.28. The van der Waals surface area contributed by atoms with Gasteiger partial charge in [-0.15, -0.1) is 0 Å². The van der Waals surface area contributed by atoms with Gasteiger partial charge >= 0.3 is 0 Å². The molecule has 0 aliphatic carbocycles. The molecule has 0 atom stereocenters. The summed E-state index contributed by atoms with van der Waals surface area (Å²) in [4.78, 5) is 0. The zero-order valence-corrected chi connectivity index (χ0v) is 5.12. The van der Waals surface area contributed by atoms with Crippen LogP contribution in [0.1, 0.15) is 13.8 Å². The van der Waals surface area contributed by atoms with E-state index in [4.69, 9.17) is 8.37 Å². The molecular formula is C4H7O2S. The lowest BCUT2D eigenvalue weighted by Crippen LogP contribution is -2.15. The van der Waals surface area contributed by atoms with Crippen LogP contribution in [-0.4, -0.2) is 0 Å². The molecule has 1 rings (SSSR count). The molecule has 0 bridgehead atoms. The van der Waals surface area contributed by atoms with Crippen LogP contribution in [0.25, 0.3) is 0 Å². The van der Waals surface area contributed by atoms with E-state index in [2.05, 4.69) is 0 Å². The quantitative estimate of drug-likeness (QED) is 0.490. The Bertz CT molecular complexity index is 60.7. The van der Waals surface area contributed by atoms with E-state index in [0.717, 1.165) is 18.6 Å². The van der Waals surface area contributed by atoms with Crippen molar-refractivity contribution in [3.05, 3.63) is 6.29 Å². The first-order chi connectivity index (χ1) is 3.30. The van der Waals surface area contributed by atoms with Crippen molar-refractivity contribution in [3.63, 3.8) is 0 Å². The smallest absolute Gasteiger partial charge is 0.249 e. The largest absolute Gasteiger partial charge is 0.256 e. The van der Waals surface area contributed by atoms with Gasteiger partial charge in [0.05, 0.1) is 0 Å². The minimum atomic E-state index is 0.404. The lowest BCUT2D eigenvalue weighted by Gasteiger charge is -2.23. The van der Waals surface area contributed by atoms with Crippen molar-refractivity contribution in [2.24, 2.45) is 5.92 Å². The predicted molar refractivity (Wildman–Crippen MR) is 27.8 cm³/mol. The Morgan fingerprint density at radius 2 is 2.00 bits per heavy atom. The van der Waals surface area contributed by atoms with Crippen LogP contribution in [0.4, 0.5) is 0 Å². The van der Waals surface area contributed by atoms with Crippen LogP contribution in [-0.2, 0) is 8.37 Å². The highest BCUT2D eigenvalue weighted by Gasteiger charge is 2.27. The SMILES string of the molecule is CC(C)[C]1OSO1. The summed E-state index contributed by atoms with van der Waals surface area (Å²) >= 11 is 1.04. The first kappa shape index (κ1) is 5.41. The normalized spacial score (nSPS) is 22.7. The summed E-state index contributed by atoms with van der Waals surface area (Å²) in [5, 5.41) is 0. The molecule has 0 spiro atoms. The van der Waals surface area contributed by atoms with E-state index >= 15 is 0 Å². The molecule has 0 aromatic carbocycles. The van der Waals surface area contributed by atoms with Gasteiger partial charge in [0.2, 0.25) is 0 Å². The summed E-state index contributed by atoms with van der Waals surface area (Å²) in [6, 6.07) is 0. The van der Waals surface area contributed by atoms with Gasteiger partial charge in [0.15, 0.2) is 12.3 Å². The van der Waals surface area contributed by atoms with Gasteiger partial charge in [0.1, 0.15) is 0 Å². The van der Waals surface area contributed by atoms with Gasteiger partial charge in [0, 0.05) is 5.92 Å². The Morgan fingerprint density at radius 3 is 2.00 bits per heavy atom. The fourth-order valence-corrected chi connectivity index (χ4v) is 0.797. The van der Waals surface area contributed by atoms with Crippen molar-refractivity contribution in [3.8, 4) is 0 Å². The molecular weight excluding hydrogens is 112 g/mol. The Morgan fingerprint density at radius 1 is 1.43 bits per heavy atom. The second kappa shape index (κ2) is 2.03. The Kier molecular flexibility index (Phi) is 1.57. The molecule has 1 saturated heterocycles. The maximum atomic E-state index is 4.80. The monoisotopic (exact) mass is 119 g/mol. The molecule has 3 heteroatoms. The molecule has 0 aromatic heterocycles. The molecule has 1 fully saturated rings. The lowest BCUT2D eigenvalue weighted by molar-refractivity contribution is 0.0425. The maximum Gasteiger partial charge on any atom is 0.256 e. The van der Waals surface area contributed by atoms with E-state index in [1.165, 1.54) is 0 Å². The molecule has 1 radical (unpaired) electrons. The lowest BCUT2D eigenvalue weighted by atomic mass is 10.2. The minimum Gasteiger partial charge on any atom is -0.249 e. The van der Waals surface area contributed by atoms with Crippen LogP contribution >= 0.6 is 12.3 Å². The molecule has 2 nitrogen and oxygen atoms in total. The Labute approximate surface area is 47.6 Å². The van der Waals surface area contributed by atoms with Crippen LogP contribution in [0, 0.1) is 12.2 Å². The first-order valence-corrected chi connectivity index (χ1v) is 2.85. The van der Waals surface area contributed by atoms with Crippen molar-refractivity contribution < 1.29 is 8.37 Å². The standard InChI is InChI=1S/C4H7O2S/c1-3(2)4-5-7-6-4/h3H,1-2H3. The molecule has 0 aromatic rings. The average Bonchev–Trinajstić information content (AvgIpc) is 1.23. The summed E-state index contributed by atoms with van der Waals surface area (Å²) in [7, 11) is 0. The van der Waals surface area contributed by atoms with Crippen LogP contribution < -0.4 is 0 Å². The van der Waals surface area contributed by atoms with E-state index in [0.29, 0.717) is 5.92 Å². The van der Waals surface area contributed by atoms with Gasteiger partial charge in [0.25, 0.3) is 6.29 Å². The van der Waals surface area contributed by atoms with E-state index in [1.807, 2.05) is 13.8 Å². The van der Waals surface area contributed by atoms with Crippen molar-refractivity contribution >= 4 is 12.3 Å². The minimum absolute atomic E-state index is 0.404. The molecule has 0 unspecified atom stereocenters. The molecule has 7 heavy (non-hydrogen) atoms. The summed E-state index contributed by atoms with van der Waals surface area (Å²) in [6.45, 7) is 4.05. The second-order valence-corrected chi connectivity index (χ2v) is 2.18. The third-order valence-electron chi connectivity index (χ3n) is 0.704. The van der Waals surface area contributed by atoms with Gasteiger partial charge in [-0.3, -0.25) is 0 Å². The van der Waals surface area contributed by atoms with Crippen molar-refractivity contribution in [2.45, 2.75) is 13.8 Å². The summed E-state index contributed by atoms with van der Waals surface area (Å²) in [5.41, 5.74) is 0. The fraction of sp³-hybridized carbons (Fsp3) is 0.750. The highest BCUT2D eigenvalue weighted by Crippen LogP contribution is 2.36. The van der Waals surface area contributed by atoms with E-state index in [9.17, 15) is 0 Å². The van der Waals surface area contributed by atoms with E-state index in [1.54, 1.807) is 0 Å². The molecule has 41 valence electrons. The van der Waals surface area contributed by atoms with Crippen LogP contribution in [0.5, 0.6) is 0 Å². The van der Waals surface area contributed by atoms with Gasteiger partial charge in [-0.25, -0.2) is 8.37 Å². The Hall–Kier alpha value is 0.270. The van der Waals surface area contributed by atoms with Crippen LogP contribution in [0.3, 0.4) is 0 Å². The molecule has 1 aliphatic heterocycles. The van der Waals surface area contributed by atoms with Crippen LogP contribution in [0.15, 0.2) is 0 Å². The average molecular weight is 119 g/mol. The predicted octanol–water partition coefficient (Wildman–Crippen LogP) is 1.74. The Balaban J connectivity index is 2.14. The van der Waals surface area contributed by atoms with Gasteiger partial charge < -0.3 is 0 Å². The first-order valence-electron chi connectivity index (χ1n) is 2.18. The van der Waals surface area contributed by atoms with Gasteiger partial charge in [-0.05, 0) is 0 Å². The highest BCUT2D eigenvalue weighted by molar-refractivity contribution is 7.91. The summed E-state index contributed by atoms with van der Waals surface area (Å²) < 4.78 is 9.61. The summed E-state index contributed by atoms with van der Waals surface area (Å²) in [5.74, 6) is 0.404. The van der Waals surface area contributed by atoms with Crippen molar-refractivity contribution in [1.29, 1.82) is 0 Å². The molecule has 1 aliphatic rings. The third-order valence-corrected chi connectivity index (χ3v) is 1.17. The van der Waals surface area contributed by atoms with Gasteiger partial charge in [-0.1, -0.05) is 13.8 Å². The van der Waals surface area contributed by atoms with E-state index < -0.39 is 0 Å². The molecule has 1 heterocycles. The molecule has 0 saturated carbocycles. The number of rotatable bonds is 1. The molecule has 0 amide bonds. The summed E-state index contributed by atoms with van der Waals surface area (Å²) in [6.07, 6.45) is 0.741. The van der Waals surface area contributed by atoms with Crippen molar-refractivity contribution in [1.82, 2.24) is 0 Å². The van der Waals surface area contributed by atoms with Crippen LogP contribution in [0.2, 0.25) is 0 Å². The second-order valence-electron chi connectivity index (χ2n) is 1.71. The third kappa shape index (κ3) is 1.08. The van der Waals surface area contributed by atoms with Gasteiger partial charge in [-0.2, -0.15) is 0 Å². The van der Waals surface area contributed by atoms with E-state index in [-0.39, 0.29) is 0 Å². The topological polar surface area (TPSA) is 18.5 Å². The molecule has 0 N–H and O–H groups in total. The number of hydrogen-bond acceptors (Lipinski definition) is 3. The van der Waals surface area contributed by atoms with Crippen molar-refractivity contribution in [2.75, 3.05) is 0 Å².